The number of hydrogen-bond acceptors (Lipinski definition) is 3. The Balaban J connectivity index is 0. The zero-order valence-electron chi connectivity index (χ0n) is 5.92. The predicted octanol–water partition coefficient (Wildman–Crippen LogP) is -0.610. The van der Waals surface area contributed by atoms with Gasteiger partial charge in [-0.25, -0.2) is 13.1 Å². The standard InChI is InChI=1S/C5H12N2O2S.2H2/c1-10(8,9)7-5-2-3-6-4-5;;/h5-7H,2-4H2,1H3;2*1H. The van der Waals surface area contributed by atoms with Gasteiger partial charge in [0.2, 0.25) is 10.0 Å². The minimum absolute atomic E-state index is 0. The van der Waals surface area contributed by atoms with Gasteiger partial charge in [-0.2, -0.15) is 0 Å². The lowest BCUT2D eigenvalue weighted by Crippen LogP contribution is -2.35. The number of sulfonamides is 1. The van der Waals surface area contributed by atoms with Crippen molar-refractivity contribution in [3.05, 3.63) is 0 Å². The van der Waals surface area contributed by atoms with E-state index in [-0.39, 0.29) is 8.90 Å². The van der Waals surface area contributed by atoms with E-state index in [4.69, 9.17) is 0 Å². The van der Waals surface area contributed by atoms with Crippen molar-refractivity contribution < 1.29 is 11.3 Å². The molecule has 0 amide bonds. The second-order valence-electron chi connectivity index (χ2n) is 2.58. The van der Waals surface area contributed by atoms with Gasteiger partial charge in [-0.1, -0.05) is 0 Å². The van der Waals surface area contributed by atoms with Gasteiger partial charge in [0, 0.05) is 15.4 Å². The van der Waals surface area contributed by atoms with Crippen LogP contribution in [0.1, 0.15) is 9.27 Å². The Labute approximate surface area is 64.0 Å². The van der Waals surface area contributed by atoms with E-state index >= 15 is 0 Å². The smallest absolute Gasteiger partial charge is 0.208 e. The normalized spacial score (nSPS) is 27.1. The molecule has 64 valence electrons. The van der Waals surface area contributed by atoms with Crippen molar-refractivity contribution in [2.24, 2.45) is 0 Å². The summed E-state index contributed by atoms with van der Waals surface area (Å²) in [5, 5.41) is 3.07. The van der Waals surface area contributed by atoms with E-state index in [1.807, 2.05) is 0 Å². The lowest BCUT2D eigenvalue weighted by Gasteiger charge is -2.07. The summed E-state index contributed by atoms with van der Waals surface area (Å²) < 4.78 is 23.8. The molecule has 1 unspecified atom stereocenters. The first kappa shape index (κ1) is 7.97. The van der Waals surface area contributed by atoms with Crippen molar-refractivity contribution >= 4 is 10.0 Å². The maximum absolute atomic E-state index is 10.6. The summed E-state index contributed by atoms with van der Waals surface area (Å²) in [7, 11) is -3.00. The third-order valence-corrected chi connectivity index (χ3v) is 2.20. The third-order valence-electron chi connectivity index (χ3n) is 1.44. The molecular formula is C5H16N2O2S. The highest BCUT2D eigenvalue weighted by atomic mass is 32.2. The van der Waals surface area contributed by atoms with E-state index in [2.05, 4.69) is 10.0 Å². The molecule has 0 spiro atoms. The molecule has 1 aliphatic heterocycles. The number of rotatable bonds is 2. The van der Waals surface area contributed by atoms with Crippen molar-refractivity contribution in [2.45, 2.75) is 12.5 Å². The Morgan fingerprint density at radius 1 is 1.70 bits per heavy atom. The van der Waals surface area contributed by atoms with Gasteiger partial charge >= 0.3 is 0 Å². The maximum Gasteiger partial charge on any atom is 0.208 e. The average molecular weight is 168 g/mol. The van der Waals surface area contributed by atoms with Crippen LogP contribution in [0.15, 0.2) is 0 Å². The zero-order valence-corrected chi connectivity index (χ0v) is 6.74. The van der Waals surface area contributed by atoms with Gasteiger partial charge in [0.05, 0.1) is 6.26 Å². The van der Waals surface area contributed by atoms with Crippen LogP contribution in [0.2, 0.25) is 0 Å². The van der Waals surface area contributed by atoms with Crippen LogP contribution in [0.3, 0.4) is 0 Å². The average Bonchev–Trinajstić information content (AvgIpc) is 2.12. The van der Waals surface area contributed by atoms with Crippen LogP contribution >= 0.6 is 0 Å². The molecule has 1 heterocycles. The van der Waals surface area contributed by atoms with Crippen LogP contribution in [0, 0.1) is 0 Å². The fourth-order valence-electron chi connectivity index (χ4n) is 1.06. The van der Waals surface area contributed by atoms with E-state index < -0.39 is 10.0 Å². The van der Waals surface area contributed by atoms with Crippen LogP contribution in [-0.4, -0.2) is 33.8 Å². The highest BCUT2D eigenvalue weighted by Gasteiger charge is 2.17. The lowest BCUT2D eigenvalue weighted by atomic mass is 10.3. The summed E-state index contributed by atoms with van der Waals surface area (Å²) in [4.78, 5) is 0. The molecule has 1 rings (SSSR count). The summed E-state index contributed by atoms with van der Waals surface area (Å²) in [6.07, 6.45) is 2.08. The summed E-state index contributed by atoms with van der Waals surface area (Å²) in [5.41, 5.74) is 0. The summed E-state index contributed by atoms with van der Waals surface area (Å²) in [6, 6.07) is 0.106. The van der Waals surface area contributed by atoms with E-state index in [1.54, 1.807) is 0 Å². The van der Waals surface area contributed by atoms with E-state index in [1.165, 1.54) is 6.26 Å². The molecule has 5 heteroatoms. The van der Waals surface area contributed by atoms with Gasteiger partial charge < -0.3 is 5.32 Å². The van der Waals surface area contributed by atoms with E-state index in [9.17, 15) is 8.42 Å². The summed E-state index contributed by atoms with van der Waals surface area (Å²) >= 11 is 0. The Morgan fingerprint density at radius 3 is 2.80 bits per heavy atom. The minimum atomic E-state index is -3.00. The third kappa shape index (κ3) is 2.64. The molecule has 1 aliphatic rings. The van der Waals surface area contributed by atoms with Gasteiger partial charge in [0.15, 0.2) is 0 Å². The molecule has 10 heavy (non-hydrogen) atoms. The van der Waals surface area contributed by atoms with Crippen molar-refractivity contribution in [2.75, 3.05) is 19.3 Å². The fraction of sp³-hybridized carbons (Fsp3) is 1.00. The van der Waals surface area contributed by atoms with Crippen molar-refractivity contribution in [1.29, 1.82) is 0 Å². The highest BCUT2D eigenvalue weighted by molar-refractivity contribution is 7.88. The van der Waals surface area contributed by atoms with Crippen molar-refractivity contribution in [1.82, 2.24) is 10.0 Å². The van der Waals surface area contributed by atoms with Gasteiger partial charge in [-0.05, 0) is 13.0 Å². The monoisotopic (exact) mass is 168 g/mol. The molecule has 1 saturated heterocycles. The molecule has 0 bridgehead atoms. The Bertz CT molecular complexity index is 201. The second-order valence-corrected chi connectivity index (χ2v) is 4.36. The maximum atomic E-state index is 10.6. The molecule has 0 aromatic carbocycles. The topological polar surface area (TPSA) is 58.2 Å². The number of nitrogens with one attached hydrogen (secondary N) is 2. The first-order chi connectivity index (χ1) is 4.58. The zero-order chi connectivity index (χ0) is 7.61. The van der Waals surface area contributed by atoms with E-state index in [0.717, 1.165) is 19.5 Å². The second kappa shape index (κ2) is 2.86. The van der Waals surface area contributed by atoms with Crippen LogP contribution in [-0.2, 0) is 10.0 Å². The molecule has 0 aromatic heterocycles. The van der Waals surface area contributed by atoms with Crippen LogP contribution in [0.5, 0.6) is 0 Å². The molecule has 0 radical (unpaired) electrons. The van der Waals surface area contributed by atoms with Crippen LogP contribution in [0.25, 0.3) is 0 Å². The van der Waals surface area contributed by atoms with Gasteiger partial charge in [0.25, 0.3) is 0 Å². The minimum Gasteiger partial charge on any atom is -0.315 e. The summed E-state index contributed by atoms with van der Waals surface area (Å²) in [6.45, 7) is 1.67. The summed E-state index contributed by atoms with van der Waals surface area (Å²) in [5.74, 6) is 0. The Morgan fingerprint density at radius 2 is 2.40 bits per heavy atom. The van der Waals surface area contributed by atoms with E-state index in [0.29, 0.717) is 0 Å². The first-order valence-electron chi connectivity index (χ1n) is 3.26. The predicted molar refractivity (Wildman–Crippen MR) is 43.5 cm³/mol. The first-order valence-corrected chi connectivity index (χ1v) is 5.15. The van der Waals surface area contributed by atoms with Gasteiger partial charge in [-0.15, -0.1) is 0 Å². The lowest BCUT2D eigenvalue weighted by molar-refractivity contribution is 0.566. The molecular weight excluding hydrogens is 152 g/mol. The SMILES string of the molecule is CS(=O)(=O)NC1CCNC1.[HH].[HH]. The van der Waals surface area contributed by atoms with Gasteiger partial charge in [-0.3, -0.25) is 0 Å². The van der Waals surface area contributed by atoms with Gasteiger partial charge in [0.1, 0.15) is 0 Å². The Hall–Kier alpha value is -0.130. The van der Waals surface area contributed by atoms with Crippen molar-refractivity contribution in [3.63, 3.8) is 0 Å². The quantitative estimate of drug-likeness (QED) is 0.578. The molecule has 1 fully saturated rings. The highest BCUT2D eigenvalue weighted by Crippen LogP contribution is 1.97. The number of hydrogen-bond donors (Lipinski definition) is 2. The van der Waals surface area contributed by atoms with Crippen LogP contribution < -0.4 is 10.0 Å². The molecule has 1 atom stereocenters. The molecule has 2 N–H and O–H groups in total. The fourth-order valence-corrected chi connectivity index (χ4v) is 1.86. The largest absolute Gasteiger partial charge is 0.315 e. The van der Waals surface area contributed by atoms with Crippen molar-refractivity contribution in [3.8, 4) is 0 Å². The molecule has 0 aliphatic carbocycles. The molecule has 4 nitrogen and oxygen atoms in total. The molecule has 0 aromatic rings. The Kier molecular flexibility index (Phi) is 2.28. The molecule has 0 saturated carbocycles. The van der Waals surface area contributed by atoms with Crippen LogP contribution in [0.4, 0.5) is 0 Å².